The molecule has 1 amide bonds. The summed E-state index contributed by atoms with van der Waals surface area (Å²) >= 11 is 6.14. The van der Waals surface area contributed by atoms with E-state index >= 15 is 0 Å². The van der Waals surface area contributed by atoms with Crippen molar-refractivity contribution < 1.29 is 23.7 Å². The topological polar surface area (TPSA) is 66.0 Å². The summed E-state index contributed by atoms with van der Waals surface area (Å²) in [6, 6.07) is 8.60. The monoisotopic (exact) mass is 361 g/mol. The number of methoxy groups -OCH3 is 2. The number of anilines is 1. The first-order valence-electron chi connectivity index (χ1n) is 7.41. The van der Waals surface area contributed by atoms with Crippen LogP contribution in [0.2, 0.25) is 5.02 Å². The Bertz CT molecular complexity index is 834. The molecule has 0 aliphatic carbocycles. The molecule has 2 aromatic carbocycles. The van der Waals surface area contributed by atoms with Gasteiger partial charge in [0.1, 0.15) is 0 Å². The lowest BCUT2D eigenvalue weighted by molar-refractivity contribution is -0.111. The smallest absolute Gasteiger partial charge is 0.248 e. The van der Waals surface area contributed by atoms with E-state index in [1.54, 1.807) is 44.6 Å². The van der Waals surface area contributed by atoms with Crippen LogP contribution < -0.4 is 24.3 Å². The minimum atomic E-state index is -0.324. The molecule has 0 fully saturated rings. The predicted molar refractivity (Wildman–Crippen MR) is 94.8 cm³/mol. The van der Waals surface area contributed by atoms with Crippen molar-refractivity contribution in [3.8, 4) is 23.0 Å². The summed E-state index contributed by atoms with van der Waals surface area (Å²) in [6.07, 6.45) is 3.07. The molecule has 2 aromatic rings. The van der Waals surface area contributed by atoms with Crippen LogP contribution in [0.3, 0.4) is 0 Å². The Kier molecular flexibility index (Phi) is 5.00. The first-order valence-corrected chi connectivity index (χ1v) is 7.78. The first kappa shape index (κ1) is 17.0. The Hall–Kier alpha value is -2.86. The van der Waals surface area contributed by atoms with E-state index in [-0.39, 0.29) is 12.7 Å². The average molecular weight is 362 g/mol. The van der Waals surface area contributed by atoms with Crippen LogP contribution in [0.1, 0.15) is 5.56 Å². The number of hydrogen-bond donors (Lipinski definition) is 1. The van der Waals surface area contributed by atoms with E-state index in [1.165, 1.54) is 6.08 Å². The SMILES string of the molecule is COc1ccc(C=CC(=O)Nc2cc3c(cc2Cl)OCO3)cc1OC. The summed E-state index contributed by atoms with van der Waals surface area (Å²) < 4.78 is 20.9. The van der Waals surface area contributed by atoms with Gasteiger partial charge in [-0.15, -0.1) is 0 Å². The van der Waals surface area contributed by atoms with E-state index < -0.39 is 0 Å². The fourth-order valence-corrected chi connectivity index (χ4v) is 2.52. The Morgan fingerprint density at radius 2 is 1.84 bits per heavy atom. The quantitative estimate of drug-likeness (QED) is 0.822. The van der Waals surface area contributed by atoms with Crippen LogP contribution in [0.25, 0.3) is 6.08 Å². The van der Waals surface area contributed by atoms with Gasteiger partial charge < -0.3 is 24.3 Å². The number of carbonyl (C=O) groups excluding carboxylic acids is 1. The van der Waals surface area contributed by atoms with Crippen molar-refractivity contribution >= 4 is 29.3 Å². The molecule has 0 saturated carbocycles. The van der Waals surface area contributed by atoms with Gasteiger partial charge in [-0.2, -0.15) is 0 Å². The van der Waals surface area contributed by atoms with Gasteiger partial charge in [0, 0.05) is 18.2 Å². The van der Waals surface area contributed by atoms with Gasteiger partial charge in [0.2, 0.25) is 12.7 Å². The highest BCUT2D eigenvalue weighted by atomic mass is 35.5. The molecule has 0 spiro atoms. The number of hydrogen-bond acceptors (Lipinski definition) is 5. The van der Waals surface area contributed by atoms with Crippen LogP contribution in [0, 0.1) is 0 Å². The van der Waals surface area contributed by atoms with Crippen LogP contribution in [0.5, 0.6) is 23.0 Å². The number of halogens is 1. The first-order chi connectivity index (χ1) is 12.1. The molecule has 25 heavy (non-hydrogen) atoms. The van der Waals surface area contributed by atoms with Gasteiger partial charge in [-0.1, -0.05) is 17.7 Å². The largest absolute Gasteiger partial charge is 0.493 e. The van der Waals surface area contributed by atoms with Gasteiger partial charge in [0.05, 0.1) is 24.9 Å². The maximum Gasteiger partial charge on any atom is 0.248 e. The molecule has 1 N–H and O–H groups in total. The van der Waals surface area contributed by atoms with Crippen LogP contribution in [-0.4, -0.2) is 26.9 Å². The number of amides is 1. The summed E-state index contributed by atoms with van der Waals surface area (Å²) in [5.74, 6) is 1.99. The summed E-state index contributed by atoms with van der Waals surface area (Å²) in [6.45, 7) is 0.141. The molecule has 0 bridgehead atoms. The Balaban J connectivity index is 1.71. The van der Waals surface area contributed by atoms with Gasteiger partial charge in [-0.3, -0.25) is 4.79 Å². The zero-order valence-electron chi connectivity index (χ0n) is 13.7. The molecule has 0 unspecified atom stereocenters. The number of rotatable bonds is 5. The number of benzene rings is 2. The van der Waals surface area contributed by atoms with E-state index in [0.29, 0.717) is 33.7 Å². The third-order valence-electron chi connectivity index (χ3n) is 3.55. The maximum atomic E-state index is 12.1. The summed E-state index contributed by atoms with van der Waals surface area (Å²) in [4.78, 5) is 12.1. The highest BCUT2D eigenvalue weighted by molar-refractivity contribution is 6.34. The molecule has 0 saturated heterocycles. The van der Waals surface area contributed by atoms with Crippen molar-refractivity contribution in [2.75, 3.05) is 26.3 Å². The highest BCUT2D eigenvalue weighted by Crippen LogP contribution is 2.39. The number of ether oxygens (including phenoxy) is 4. The zero-order valence-corrected chi connectivity index (χ0v) is 14.4. The van der Waals surface area contributed by atoms with Gasteiger partial charge in [0.15, 0.2) is 23.0 Å². The summed E-state index contributed by atoms with van der Waals surface area (Å²) in [5.41, 5.74) is 1.25. The second-order valence-corrected chi connectivity index (χ2v) is 5.53. The van der Waals surface area contributed by atoms with Crippen molar-refractivity contribution in [3.05, 3.63) is 47.0 Å². The molecule has 0 radical (unpaired) electrons. The van der Waals surface area contributed by atoms with Gasteiger partial charge in [-0.05, 0) is 23.8 Å². The summed E-state index contributed by atoms with van der Waals surface area (Å²) in [7, 11) is 3.12. The van der Waals surface area contributed by atoms with Crippen molar-refractivity contribution in [1.29, 1.82) is 0 Å². The lowest BCUT2D eigenvalue weighted by Crippen LogP contribution is -2.08. The van der Waals surface area contributed by atoms with Crippen LogP contribution in [0.15, 0.2) is 36.4 Å². The Morgan fingerprint density at radius 3 is 2.56 bits per heavy atom. The molecule has 1 heterocycles. The molecule has 130 valence electrons. The predicted octanol–water partition coefficient (Wildman–Crippen LogP) is 3.74. The van der Waals surface area contributed by atoms with Gasteiger partial charge in [-0.25, -0.2) is 0 Å². The molecular formula is C18H16ClNO5. The molecule has 1 aliphatic rings. The van der Waals surface area contributed by atoms with Gasteiger partial charge in [0.25, 0.3) is 0 Å². The molecule has 6 nitrogen and oxygen atoms in total. The molecule has 7 heteroatoms. The zero-order chi connectivity index (χ0) is 17.8. The standard InChI is InChI=1S/C18H16ClNO5/c1-22-14-5-3-11(7-15(14)23-2)4-6-18(21)20-13-9-17-16(8-12(13)19)24-10-25-17/h3-9H,10H2,1-2H3,(H,20,21). The van der Waals surface area contributed by atoms with Crippen molar-refractivity contribution in [3.63, 3.8) is 0 Å². The van der Waals surface area contributed by atoms with Crippen LogP contribution in [0.4, 0.5) is 5.69 Å². The number of nitrogens with one attached hydrogen (secondary N) is 1. The van der Waals surface area contributed by atoms with E-state index in [9.17, 15) is 4.79 Å². The van der Waals surface area contributed by atoms with Crippen LogP contribution in [-0.2, 0) is 4.79 Å². The van der Waals surface area contributed by atoms with E-state index in [2.05, 4.69) is 5.32 Å². The fraction of sp³-hybridized carbons (Fsp3) is 0.167. The van der Waals surface area contributed by atoms with E-state index in [1.807, 2.05) is 6.07 Å². The molecule has 0 aromatic heterocycles. The molecular weight excluding hydrogens is 346 g/mol. The van der Waals surface area contributed by atoms with E-state index in [4.69, 9.17) is 30.5 Å². The Morgan fingerprint density at radius 1 is 1.12 bits per heavy atom. The lowest BCUT2D eigenvalue weighted by atomic mass is 10.2. The second-order valence-electron chi connectivity index (χ2n) is 5.12. The molecule has 0 atom stereocenters. The molecule has 3 rings (SSSR count). The minimum absolute atomic E-state index is 0.141. The minimum Gasteiger partial charge on any atom is -0.493 e. The fourth-order valence-electron chi connectivity index (χ4n) is 2.32. The molecule has 1 aliphatic heterocycles. The van der Waals surface area contributed by atoms with Crippen molar-refractivity contribution in [2.24, 2.45) is 0 Å². The normalized spacial score (nSPS) is 12.3. The van der Waals surface area contributed by atoms with Crippen molar-refractivity contribution in [1.82, 2.24) is 0 Å². The van der Waals surface area contributed by atoms with Gasteiger partial charge >= 0.3 is 0 Å². The summed E-state index contributed by atoms with van der Waals surface area (Å²) in [5, 5.41) is 3.08. The highest BCUT2D eigenvalue weighted by Gasteiger charge is 2.17. The lowest BCUT2D eigenvalue weighted by Gasteiger charge is -2.08. The van der Waals surface area contributed by atoms with Crippen molar-refractivity contribution in [2.45, 2.75) is 0 Å². The maximum absolute atomic E-state index is 12.1. The number of fused-ring (bicyclic) bond motifs is 1. The Labute approximate surface area is 149 Å². The number of carbonyl (C=O) groups is 1. The average Bonchev–Trinajstić information content (AvgIpc) is 3.07. The van der Waals surface area contributed by atoms with Crippen LogP contribution >= 0.6 is 11.6 Å². The van der Waals surface area contributed by atoms with E-state index in [0.717, 1.165) is 5.56 Å². The second kappa shape index (κ2) is 7.36. The third kappa shape index (κ3) is 3.80. The third-order valence-corrected chi connectivity index (χ3v) is 3.87.